The van der Waals surface area contributed by atoms with Gasteiger partial charge in [-0.05, 0) is 62.1 Å². The third-order valence-corrected chi connectivity index (χ3v) is 9.03. The van der Waals surface area contributed by atoms with Crippen LogP contribution < -0.4 is 10.2 Å². The number of carbonyl (C=O) groups excluding carboxylic acids is 1. The Hall–Kier alpha value is -2.42. The van der Waals surface area contributed by atoms with Crippen LogP contribution in [0.2, 0.25) is 0 Å². The number of piperidine rings is 1. The van der Waals surface area contributed by atoms with Crippen molar-refractivity contribution in [2.45, 2.75) is 37.6 Å². The van der Waals surface area contributed by atoms with E-state index in [0.717, 1.165) is 39.0 Å². The second-order valence-electron chi connectivity index (χ2n) is 9.53. The summed E-state index contributed by atoms with van der Waals surface area (Å²) in [6, 6.07) is 17.0. The summed E-state index contributed by atoms with van der Waals surface area (Å²) in [5, 5.41) is 3.01. The second kappa shape index (κ2) is 10.9. The zero-order chi connectivity index (χ0) is 24.1. The summed E-state index contributed by atoms with van der Waals surface area (Å²) in [6.07, 6.45) is 1.78. The lowest BCUT2D eigenvalue weighted by Crippen LogP contribution is -2.52. The van der Waals surface area contributed by atoms with Crippen LogP contribution in [-0.2, 0) is 10.0 Å². The highest BCUT2D eigenvalue weighted by Gasteiger charge is 2.28. The zero-order valence-electron chi connectivity index (χ0n) is 20.2. The molecule has 1 N–H and O–H groups in total. The first-order chi connectivity index (χ1) is 16.3. The normalized spacial score (nSPS) is 19.6. The Morgan fingerprint density at radius 3 is 2.18 bits per heavy atom. The molecule has 0 bridgehead atoms. The third-order valence-electron chi connectivity index (χ3n) is 7.11. The molecule has 184 valence electrons. The number of hydrogen-bond acceptors (Lipinski definition) is 5. The Morgan fingerprint density at radius 2 is 1.56 bits per heavy atom. The van der Waals surface area contributed by atoms with Crippen molar-refractivity contribution < 1.29 is 13.2 Å². The van der Waals surface area contributed by atoms with Gasteiger partial charge in [0, 0.05) is 63.1 Å². The minimum absolute atomic E-state index is 0.175. The van der Waals surface area contributed by atoms with E-state index in [-0.39, 0.29) is 16.8 Å². The van der Waals surface area contributed by atoms with E-state index in [9.17, 15) is 13.2 Å². The molecular weight excluding hydrogens is 448 g/mol. The van der Waals surface area contributed by atoms with Crippen LogP contribution >= 0.6 is 0 Å². The molecule has 2 saturated heterocycles. The molecule has 2 heterocycles. The van der Waals surface area contributed by atoms with Gasteiger partial charge in [-0.25, -0.2) is 8.42 Å². The number of nitrogens with zero attached hydrogens (tertiary/aromatic N) is 3. The van der Waals surface area contributed by atoms with E-state index < -0.39 is 10.0 Å². The number of amides is 1. The fraction of sp³-hybridized carbons (Fsp3) is 0.500. The van der Waals surface area contributed by atoms with Crippen molar-refractivity contribution in [3.05, 3.63) is 60.2 Å². The van der Waals surface area contributed by atoms with Gasteiger partial charge in [0.1, 0.15) is 0 Å². The molecule has 1 amide bonds. The summed E-state index contributed by atoms with van der Waals surface area (Å²) < 4.78 is 27.3. The highest BCUT2D eigenvalue weighted by atomic mass is 32.2. The Labute approximate surface area is 203 Å². The van der Waals surface area contributed by atoms with E-state index in [1.807, 2.05) is 6.07 Å². The lowest BCUT2D eigenvalue weighted by Gasteiger charge is -2.39. The van der Waals surface area contributed by atoms with Gasteiger partial charge in [0.05, 0.1) is 4.90 Å². The molecule has 1 atom stereocenters. The van der Waals surface area contributed by atoms with Gasteiger partial charge in [0.2, 0.25) is 10.0 Å². The van der Waals surface area contributed by atoms with Gasteiger partial charge in [0.25, 0.3) is 5.91 Å². The summed E-state index contributed by atoms with van der Waals surface area (Å²) in [7, 11) is -3.50. The first-order valence-electron chi connectivity index (χ1n) is 12.3. The van der Waals surface area contributed by atoms with Crippen molar-refractivity contribution in [3.63, 3.8) is 0 Å². The van der Waals surface area contributed by atoms with Crippen molar-refractivity contribution in [2.24, 2.45) is 5.92 Å². The monoisotopic (exact) mass is 484 g/mol. The Bertz CT molecular complexity index is 1040. The molecule has 0 radical (unpaired) electrons. The van der Waals surface area contributed by atoms with Gasteiger partial charge in [0.15, 0.2) is 0 Å². The van der Waals surface area contributed by atoms with Gasteiger partial charge in [-0.15, -0.1) is 0 Å². The molecule has 2 aliphatic heterocycles. The maximum Gasteiger partial charge on any atom is 0.251 e. The van der Waals surface area contributed by atoms with Crippen LogP contribution in [0.15, 0.2) is 59.5 Å². The summed E-state index contributed by atoms with van der Waals surface area (Å²) in [5.74, 6) is 0.387. The van der Waals surface area contributed by atoms with Crippen molar-refractivity contribution in [1.82, 2.24) is 14.5 Å². The molecule has 4 rings (SSSR count). The Morgan fingerprint density at radius 1 is 0.941 bits per heavy atom. The van der Waals surface area contributed by atoms with E-state index in [2.05, 4.69) is 53.2 Å². The summed E-state index contributed by atoms with van der Waals surface area (Å²) in [5.41, 5.74) is 1.73. The highest BCUT2D eigenvalue weighted by Crippen LogP contribution is 2.23. The number of nitrogens with one attached hydrogen (secondary N) is 1. The number of piperazine rings is 1. The number of benzene rings is 2. The molecule has 2 aliphatic rings. The number of rotatable bonds is 7. The van der Waals surface area contributed by atoms with Crippen LogP contribution in [0.4, 0.5) is 5.69 Å². The predicted molar refractivity (Wildman–Crippen MR) is 136 cm³/mol. The predicted octanol–water partition coefficient (Wildman–Crippen LogP) is 3.05. The van der Waals surface area contributed by atoms with Crippen LogP contribution in [0.5, 0.6) is 0 Å². The Balaban J connectivity index is 1.26. The molecule has 34 heavy (non-hydrogen) atoms. The SMILES string of the molecule is CC1CCN(S(=O)(=O)c2ccc(C(=O)NCC(C)N3CCN(c4ccccc4)CC3)cc2)CC1. The second-order valence-corrected chi connectivity index (χ2v) is 11.5. The molecule has 7 nitrogen and oxygen atoms in total. The first kappa shape index (κ1) is 24.7. The van der Waals surface area contributed by atoms with Gasteiger partial charge >= 0.3 is 0 Å². The minimum atomic E-state index is -3.50. The third kappa shape index (κ3) is 5.79. The molecule has 0 saturated carbocycles. The van der Waals surface area contributed by atoms with E-state index in [4.69, 9.17) is 0 Å². The average Bonchev–Trinajstić information content (AvgIpc) is 2.88. The molecule has 2 fully saturated rings. The van der Waals surface area contributed by atoms with Crippen LogP contribution in [0.1, 0.15) is 37.0 Å². The van der Waals surface area contributed by atoms with Crippen molar-refractivity contribution in [3.8, 4) is 0 Å². The van der Waals surface area contributed by atoms with Crippen molar-refractivity contribution >= 4 is 21.6 Å². The number of carbonyl (C=O) groups is 1. The quantitative estimate of drug-likeness (QED) is 0.654. The van der Waals surface area contributed by atoms with E-state index in [1.165, 1.54) is 5.69 Å². The first-order valence-corrected chi connectivity index (χ1v) is 13.7. The van der Waals surface area contributed by atoms with E-state index >= 15 is 0 Å². The molecule has 8 heteroatoms. The van der Waals surface area contributed by atoms with Gasteiger partial charge in [-0.1, -0.05) is 25.1 Å². The van der Waals surface area contributed by atoms with Crippen LogP contribution in [0.3, 0.4) is 0 Å². The fourth-order valence-electron chi connectivity index (χ4n) is 4.68. The highest BCUT2D eigenvalue weighted by molar-refractivity contribution is 7.89. The smallest absolute Gasteiger partial charge is 0.251 e. The molecular formula is C26H36N4O3S. The lowest BCUT2D eigenvalue weighted by molar-refractivity contribution is 0.0934. The molecule has 0 aliphatic carbocycles. The standard InChI is InChI=1S/C26H36N4O3S/c1-21-12-14-30(15-13-21)34(32,33)25-10-8-23(9-11-25)26(31)27-20-22(2)28-16-18-29(19-17-28)24-6-4-3-5-7-24/h3-11,21-22H,12-20H2,1-2H3,(H,27,31). The summed E-state index contributed by atoms with van der Waals surface area (Å²) in [4.78, 5) is 17.7. The van der Waals surface area contributed by atoms with Crippen molar-refractivity contribution in [2.75, 3.05) is 50.7 Å². The van der Waals surface area contributed by atoms with Crippen molar-refractivity contribution in [1.29, 1.82) is 0 Å². The fourth-order valence-corrected chi connectivity index (χ4v) is 6.15. The van der Waals surface area contributed by atoms with Crippen LogP contribution in [0, 0.1) is 5.92 Å². The van der Waals surface area contributed by atoms with Crippen LogP contribution in [0.25, 0.3) is 0 Å². The molecule has 0 spiro atoms. The maximum atomic E-state index is 12.9. The van der Waals surface area contributed by atoms with Gasteiger partial charge in [-0.3, -0.25) is 9.69 Å². The molecule has 2 aromatic rings. The molecule has 2 aromatic carbocycles. The lowest BCUT2D eigenvalue weighted by atomic mass is 10.0. The number of sulfonamides is 1. The number of hydrogen-bond donors (Lipinski definition) is 1. The van der Waals surface area contributed by atoms with Crippen LogP contribution in [-0.4, -0.2) is 75.4 Å². The van der Waals surface area contributed by atoms with E-state index in [0.29, 0.717) is 31.1 Å². The minimum Gasteiger partial charge on any atom is -0.369 e. The number of para-hydroxylation sites is 1. The van der Waals surface area contributed by atoms with E-state index in [1.54, 1.807) is 28.6 Å². The van der Waals surface area contributed by atoms with Gasteiger partial charge < -0.3 is 10.2 Å². The zero-order valence-corrected chi connectivity index (χ0v) is 21.0. The van der Waals surface area contributed by atoms with Gasteiger partial charge in [-0.2, -0.15) is 4.31 Å². The number of anilines is 1. The maximum absolute atomic E-state index is 12.9. The average molecular weight is 485 g/mol. The molecule has 1 unspecified atom stereocenters. The molecule has 0 aromatic heterocycles. The topological polar surface area (TPSA) is 73.0 Å². The Kier molecular flexibility index (Phi) is 7.91. The summed E-state index contributed by atoms with van der Waals surface area (Å²) >= 11 is 0. The largest absolute Gasteiger partial charge is 0.369 e. The summed E-state index contributed by atoms with van der Waals surface area (Å²) in [6.45, 7) is 9.79.